The number of halogens is 1. The van der Waals surface area contributed by atoms with Gasteiger partial charge < -0.3 is 9.30 Å². The Bertz CT molecular complexity index is 1280. The van der Waals surface area contributed by atoms with E-state index in [0.717, 1.165) is 5.52 Å². The molecule has 1 heterocycles. The number of hydrogen-bond acceptors (Lipinski definition) is 5. The fraction of sp³-hybridized carbons (Fsp3) is 0.200. The number of carbonyl (C=O) groups excluding carboxylic acids is 1. The zero-order chi connectivity index (χ0) is 21.7. The molecule has 0 aliphatic heterocycles. The predicted octanol–water partition coefficient (Wildman–Crippen LogP) is 3.18. The lowest BCUT2D eigenvalue weighted by Gasteiger charge is -2.05. The summed E-state index contributed by atoms with van der Waals surface area (Å²) >= 11 is 7.31. The van der Waals surface area contributed by atoms with Crippen LogP contribution in [0.1, 0.15) is 12.5 Å². The van der Waals surface area contributed by atoms with Gasteiger partial charge in [0.25, 0.3) is 5.91 Å². The first-order valence-corrected chi connectivity index (χ1v) is 11.8. The molecule has 0 aliphatic rings. The first-order chi connectivity index (χ1) is 14.3. The Labute approximate surface area is 183 Å². The first kappa shape index (κ1) is 22.4. The van der Waals surface area contributed by atoms with Crippen molar-refractivity contribution in [3.05, 3.63) is 63.9 Å². The van der Waals surface area contributed by atoms with Crippen molar-refractivity contribution in [1.82, 2.24) is 4.57 Å². The maximum atomic E-state index is 12.4. The Kier molecular flexibility index (Phi) is 7.22. The van der Waals surface area contributed by atoms with Gasteiger partial charge in [-0.15, -0.1) is 0 Å². The lowest BCUT2D eigenvalue weighted by Crippen LogP contribution is -2.19. The largest absolute Gasteiger partial charge is 0.380 e. The van der Waals surface area contributed by atoms with Crippen LogP contribution < -0.4 is 9.94 Å². The molecular formula is C20H20ClN3O4S2. The maximum Gasteiger partial charge on any atom is 0.272 e. The van der Waals surface area contributed by atoms with Gasteiger partial charge in [0.05, 0.1) is 21.7 Å². The summed E-state index contributed by atoms with van der Waals surface area (Å²) in [7, 11) is -3.83. The number of benzene rings is 2. The minimum atomic E-state index is -3.83. The Balaban J connectivity index is 2.02. The average molecular weight is 466 g/mol. The quantitative estimate of drug-likeness (QED) is 0.427. The number of fused-ring (bicyclic) bond motifs is 1. The van der Waals surface area contributed by atoms with Gasteiger partial charge in [-0.1, -0.05) is 41.1 Å². The van der Waals surface area contributed by atoms with E-state index < -0.39 is 15.9 Å². The fourth-order valence-corrected chi connectivity index (χ4v) is 4.65. The zero-order valence-electron chi connectivity index (χ0n) is 16.1. The molecule has 2 aromatic carbocycles. The number of primary sulfonamides is 1. The minimum absolute atomic E-state index is 0.00435. The first-order valence-electron chi connectivity index (χ1n) is 9.05. The van der Waals surface area contributed by atoms with Crippen molar-refractivity contribution in [2.75, 3.05) is 13.2 Å². The molecule has 1 amide bonds. The number of amides is 1. The molecule has 158 valence electrons. The molecule has 0 saturated heterocycles. The molecular weight excluding hydrogens is 446 g/mol. The van der Waals surface area contributed by atoms with Crippen LogP contribution >= 0.6 is 22.9 Å². The second-order valence-corrected chi connectivity index (χ2v) is 9.19. The molecule has 0 radical (unpaired) electrons. The zero-order valence-corrected chi connectivity index (χ0v) is 18.5. The van der Waals surface area contributed by atoms with E-state index in [-0.39, 0.29) is 4.90 Å². The van der Waals surface area contributed by atoms with Gasteiger partial charge >= 0.3 is 0 Å². The Morgan fingerprint density at radius 3 is 2.77 bits per heavy atom. The molecule has 30 heavy (non-hydrogen) atoms. The predicted molar refractivity (Wildman–Crippen MR) is 119 cm³/mol. The highest BCUT2D eigenvalue weighted by atomic mass is 35.5. The normalized spacial score (nSPS) is 12.8. The number of aromatic nitrogens is 1. The fourth-order valence-electron chi connectivity index (χ4n) is 2.73. The van der Waals surface area contributed by atoms with Crippen LogP contribution in [0.5, 0.6) is 0 Å². The summed E-state index contributed by atoms with van der Waals surface area (Å²) in [6, 6.07) is 11.7. The van der Waals surface area contributed by atoms with Crippen molar-refractivity contribution in [2.24, 2.45) is 10.1 Å². The van der Waals surface area contributed by atoms with E-state index in [1.54, 1.807) is 30.3 Å². The van der Waals surface area contributed by atoms with E-state index in [4.69, 9.17) is 21.5 Å². The summed E-state index contributed by atoms with van der Waals surface area (Å²) in [4.78, 5) is 17.1. The van der Waals surface area contributed by atoms with Crippen LogP contribution in [0.3, 0.4) is 0 Å². The van der Waals surface area contributed by atoms with Gasteiger partial charge in [-0.2, -0.15) is 4.99 Å². The molecule has 3 rings (SSSR count). The monoisotopic (exact) mass is 465 g/mol. The molecule has 7 nitrogen and oxygen atoms in total. The van der Waals surface area contributed by atoms with Crippen molar-refractivity contribution in [1.29, 1.82) is 0 Å². The van der Waals surface area contributed by atoms with Crippen molar-refractivity contribution in [2.45, 2.75) is 18.4 Å². The van der Waals surface area contributed by atoms with Gasteiger partial charge in [0.15, 0.2) is 4.80 Å². The molecule has 0 atom stereocenters. The van der Waals surface area contributed by atoms with Crippen LogP contribution in [-0.2, 0) is 26.1 Å². The average Bonchev–Trinajstić information content (AvgIpc) is 3.03. The van der Waals surface area contributed by atoms with E-state index >= 15 is 0 Å². The molecule has 3 aromatic rings. The van der Waals surface area contributed by atoms with Crippen LogP contribution in [0.15, 0.2) is 58.4 Å². The highest BCUT2D eigenvalue weighted by Gasteiger charge is 2.13. The van der Waals surface area contributed by atoms with Crippen molar-refractivity contribution < 1.29 is 17.9 Å². The summed E-state index contributed by atoms with van der Waals surface area (Å²) in [6.45, 7) is 3.34. The molecule has 0 saturated carbocycles. The second kappa shape index (κ2) is 9.67. The van der Waals surface area contributed by atoms with Gasteiger partial charge in [-0.25, -0.2) is 13.6 Å². The molecule has 0 aliphatic carbocycles. The molecule has 0 bridgehead atoms. The summed E-state index contributed by atoms with van der Waals surface area (Å²) in [5, 5.41) is 5.76. The molecule has 1 aromatic heterocycles. The number of nitrogens with zero attached hydrogens (tertiary/aromatic N) is 2. The number of nitrogens with two attached hydrogens (primary N) is 1. The van der Waals surface area contributed by atoms with Crippen LogP contribution in [0.25, 0.3) is 16.3 Å². The highest BCUT2D eigenvalue weighted by molar-refractivity contribution is 7.89. The molecule has 0 spiro atoms. The number of thiazole rings is 1. The number of carbonyl (C=O) groups is 1. The van der Waals surface area contributed by atoms with E-state index in [0.29, 0.717) is 39.8 Å². The van der Waals surface area contributed by atoms with Crippen LogP contribution in [0.4, 0.5) is 0 Å². The molecule has 10 heteroatoms. The standard InChI is InChI=1S/C20H20ClN3O4S2/c1-2-28-12-11-24-17-9-8-15(30(22,26)27)13-18(17)29-20(24)23-19(25)10-7-14-5-3-4-6-16(14)21/h3-10,13H,2,11-12H2,1H3,(H2,22,26,27)/b10-7+,23-20?. The van der Waals surface area contributed by atoms with Gasteiger partial charge in [0, 0.05) is 24.3 Å². The lowest BCUT2D eigenvalue weighted by atomic mass is 10.2. The number of sulfonamides is 1. The van der Waals surface area contributed by atoms with Gasteiger partial charge in [-0.3, -0.25) is 4.79 Å². The van der Waals surface area contributed by atoms with E-state index in [2.05, 4.69) is 4.99 Å². The highest BCUT2D eigenvalue weighted by Crippen LogP contribution is 2.21. The van der Waals surface area contributed by atoms with Gasteiger partial charge in [-0.05, 0) is 42.8 Å². The van der Waals surface area contributed by atoms with E-state index in [1.165, 1.54) is 29.5 Å². The van der Waals surface area contributed by atoms with Crippen LogP contribution in [0, 0.1) is 0 Å². The third-order valence-electron chi connectivity index (χ3n) is 4.16. The van der Waals surface area contributed by atoms with Gasteiger partial charge in [0.2, 0.25) is 10.0 Å². The number of ether oxygens (including phenoxy) is 1. The summed E-state index contributed by atoms with van der Waals surface area (Å²) in [5.74, 6) is -0.460. The van der Waals surface area contributed by atoms with E-state index in [1.807, 2.05) is 17.6 Å². The lowest BCUT2D eigenvalue weighted by molar-refractivity contribution is -0.113. The third kappa shape index (κ3) is 5.44. The molecule has 0 fully saturated rings. The number of hydrogen-bond donors (Lipinski definition) is 1. The Hall–Kier alpha value is -2.30. The van der Waals surface area contributed by atoms with Crippen LogP contribution in [-0.4, -0.2) is 32.1 Å². The third-order valence-corrected chi connectivity index (χ3v) is 6.46. The van der Waals surface area contributed by atoms with E-state index in [9.17, 15) is 13.2 Å². The molecule has 0 unspecified atom stereocenters. The SMILES string of the molecule is CCOCCn1c(=NC(=O)/C=C/c2ccccc2Cl)sc2cc(S(N)(=O)=O)ccc21. The van der Waals surface area contributed by atoms with Crippen molar-refractivity contribution in [3.8, 4) is 0 Å². The Morgan fingerprint density at radius 1 is 1.30 bits per heavy atom. The van der Waals surface area contributed by atoms with Crippen molar-refractivity contribution >= 4 is 55.2 Å². The summed E-state index contributed by atoms with van der Waals surface area (Å²) in [5.41, 5.74) is 1.45. The smallest absolute Gasteiger partial charge is 0.272 e. The summed E-state index contributed by atoms with van der Waals surface area (Å²) < 4.78 is 31.2. The van der Waals surface area contributed by atoms with Gasteiger partial charge in [0.1, 0.15) is 0 Å². The Morgan fingerprint density at radius 2 is 2.07 bits per heavy atom. The summed E-state index contributed by atoms with van der Waals surface area (Å²) in [6.07, 6.45) is 2.94. The second-order valence-electron chi connectivity index (χ2n) is 6.21. The minimum Gasteiger partial charge on any atom is -0.380 e. The molecule has 2 N–H and O–H groups in total. The van der Waals surface area contributed by atoms with Crippen molar-refractivity contribution in [3.63, 3.8) is 0 Å². The maximum absolute atomic E-state index is 12.4. The topological polar surface area (TPSA) is 104 Å². The van der Waals surface area contributed by atoms with Crippen LogP contribution in [0.2, 0.25) is 5.02 Å². The number of rotatable bonds is 7.